The van der Waals surface area contributed by atoms with E-state index in [1.54, 1.807) is 0 Å². The Morgan fingerprint density at radius 2 is 1.90 bits per heavy atom. The molecule has 1 aromatic heterocycles. The Balaban J connectivity index is 1.32. The Hall–Kier alpha value is -1.46. The molecule has 4 fully saturated rings. The summed E-state index contributed by atoms with van der Waals surface area (Å²) in [6.07, 6.45) is 11.1. The van der Waals surface area contributed by atoms with Crippen LogP contribution in [0.25, 0.3) is 0 Å². The molecule has 3 saturated heterocycles. The second kappa shape index (κ2) is 7.66. The molecule has 4 heterocycles. The van der Waals surface area contributed by atoms with Crippen molar-refractivity contribution in [1.29, 1.82) is 0 Å². The Labute approximate surface area is 175 Å². The highest BCUT2D eigenvalue weighted by Crippen LogP contribution is 2.62. The lowest BCUT2D eigenvalue weighted by Crippen LogP contribution is -2.49. The summed E-state index contributed by atoms with van der Waals surface area (Å²) in [6, 6.07) is 4.22. The quantitative estimate of drug-likeness (QED) is 0.784. The summed E-state index contributed by atoms with van der Waals surface area (Å²) >= 11 is 0. The van der Waals surface area contributed by atoms with Crippen LogP contribution in [0.15, 0.2) is 24.5 Å². The van der Waals surface area contributed by atoms with Crippen LogP contribution in [-0.2, 0) is 11.3 Å². The Morgan fingerprint density at radius 1 is 1.10 bits per heavy atom. The fourth-order valence-electron chi connectivity index (χ4n) is 6.99. The first-order chi connectivity index (χ1) is 14.2. The molecule has 2 atom stereocenters. The van der Waals surface area contributed by atoms with E-state index in [4.69, 9.17) is 0 Å². The van der Waals surface area contributed by atoms with Crippen molar-refractivity contribution in [3.8, 4) is 0 Å². The van der Waals surface area contributed by atoms with Crippen molar-refractivity contribution < 1.29 is 4.79 Å². The minimum atomic E-state index is -0.0914. The number of piperidine rings is 1. The fourth-order valence-corrected chi connectivity index (χ4v) is 6.99. The van der Waals surface area contributed by atoms with E-state index in [0.717, 1.165) is 58.8 Å². The van der Waals surface area contributed by atoms with E-state index in [9.17, 15) is 4.79 Å². The van der Waals surface area contributed by atoms with Crippen LogP contribution in [0.2, 0.25) is 0 Å². The highest BCUT2D eigenvalue weighted by atomic mass is 16.2. The number of fused-ring (bicyclic) bond motifs is 2. The third-order valence-corrected chi connectivity index (χ3v) is 8.67. The lowest BCUT2D eigenvalue weighted by molar-refractivity contribution is -0.143. The normalized spacial score (nSPS) is 32.2. The van der Waals surface area contributed by atoms with Crippen LogP contribution in [0.5, 0.6) is 0 Å². The Bertz CT molecular complexity index is 724. The van der Waals surface area contributed by atoms with Crippen LogP contribution in [0.3, 0.4) is 0 Å². The minimum absolute atomic E-state index is 0.0914. The van der Waals surface area contributed by atoms with E-state index < -0.39 is 0 Å². The number of aromatic nitrogens is 1. The molecule has 158 valence electrons. The lowest BCUT2D eigenvalue weighted by atomic mass is 9.65. The predicted molar refractivity (Wildman–Crippen MR) is 114 cm³/mol. The summed E-state index contributed by atoms with van der Waals surface area (Å²) in [5.41, 5.74) is 1.60. The van der Waals surface area contributed by atoms with E-state index in [1.807, 2.05) is 18.5 Å². The molecule has 4 aliphatic rings. The van der Waals surface area contributed by atoms with Gasteiger partial charge in [-0.2, -0.15) is 0 Å². The Morgan fingerprint density at radius 3 is 2.59 bits per heavy atom. The molecule has 0 radical (unpaired) electrons. The molecule has 0 aromatic carbocycles. The summed E-state index contributed by atoms with van der Waals surface area (Å²) in [5, 5.41) is 0. The summed E-state index contributed by atoms with van der Waals surface area (Å²) in [7, 11) is 0. The monoisotopic (exact) mass is 396 g/mol. The third-order valence-electron chi connectivity index (χ3n) is 8.67. The van der Waals surface area contributed by atoms with Gasteiger partial charge in [0, 0.05) is 45.1 Å². The Kier molecular flexibility index (Phi) is 5.15. The number of hydrogen-bond acceptors (Lipinski definition) is 4. The number of pyridine rings is 1. The van der Waals surface area contributed by atoms with E-state index in [-0.39, 0.29) is 5.41 Å². The average molecular weight is 397 g/mol. The van der Waals surface area contributed by atoms with Crippen LogP contribution in [0.1, 0.15) is 51.0 Å². The van der Waals surface area contributed by atoms with Gasteiger partial charge in [0.15, 0.2) is 0 Å². The number of hydrogen-bond donors (Lipinski definition) is 0. The van der Waals surface area contributed by atoms with Crippen LogP contribution in [-0.4, -0.2) is 71.4 Å². The van der Waals surface area contributed by atoms with Crippen molar-refractivity contribution in [1.82, 2.24) is 19.7 Å². The molecule has 5 rings (SSSR count). The van der Waals surface area contributed by atoms with Crippen molar-refractivity contribution >= 4 is 5.91 Å². The molecule has 1 aliphatic carbocycles. The summed E-state index contributed by atoms with van der Waals surface area (Å²) in [5.74, 6) is 1.06. The first-order valence-corrected chi connectivity index (χ1v) is 11.8. The van der Waals surface area contributed by atoms with E-state index >= 15 is 0 Å². The van der Waals surface area contributed by atoms with Gasteiger partial charge in [-0.05, 0) is 81.1 Å². The van der Waals surface area contributed by atoms with Gasteiger partial charge in [0.25, 0.3) is 0 Å². The predicted octanol–water partition coefficient (Wildman–Crippen LogP) is 3.02. The fraction of sp³-hybridized carbons (Fsp3) is 0.750. The number of carbonyl (C=O) groups excluding carboxylic acids is 1. The van der Waals surface area contributed by atoms with E-state index in [0.29, 0.717) is 17.2 Å². The molecule has 1 amide bonds. The van der Waals surface area contributed by atoms with Gasteiger partial charge in [-0.1, -0.05) is 13.0 Å². The zero-order valence-corrected chi connectivity index (χ0v) is 18.0. The molecule has 0 bridgehead atoms. The standard InChI is InChI=1S/C24H36N4O/c1-2-26-18-21-23(7-8-24(21,19-26)22(29)28-12-3-4-13-28)9-14-27(15-10-23)17-20-6-5-11-25-16-20/h5-6,11,16,21H,2-4,7-10,12-15,17-19H2,1H3/t21-,24+/m0/s1. The minimum Gasteiger partial charge on any atom is -0.342 e. The second-order valence-corrected chi connectivity index (χ2v) is 10.0. The molecule has 3 aliphatic heterocycles. The van der Waals surface area contributed by atoms with Gasteiger partial charge >= 0.3 is 0 Å². The van der Waals surface area contributed by atoms with Crippen LogP contribution in [0.4, 0.5) is 0 Å². The SMILES string of the molecule is CCN1C[C@H]2C3(CCN(Cc4cccnc4)CC3)CC[C@@]2(C(=O)N2CCCC2)C1. The maximum atomic E-state index is 13.7. The molecule has 29 heavy (non-hydrogen) atoms. The number of likely N-dealkylation sites (tertiary alicyclic amines) is 3. The molecular formula is C24H36N4O. The number of rotatable bonds is 4. The summed E-state index contributed by atoms with van der Waals surface area (Å²) < 4.78 is 0. The van der Waals surface area contributed by atoms with Gasteiger partial charge in [-0.25, -0.2) is 0 Å². The van der Waals surface area contributed by atoms with Crippen molar-refractivity contribution in [3.05, 3.63) is 30.1 Å². The van der Waals surface area contributed by atoms with Gasteiger partial charge in [0.05, 0.1) is 5.41 Å². The molecule has 0 unspecified atom stereocenters. The highest BCUT2D eigenvalue weighted by Gasteiger charge is 2.64. The van der Waals surface area contributed by atoms with Gasteiger partial charge in [0.1, 0.15) is 0 Å². The van der Waals surface area contributed by atoms with Crippen LogP contribution >= 0.6 is 0 Å². The molecule has 1 spiro atoms. The number of nitrogens with zero attached hydrogens (tertiary/aromatic N) is 4. The van der Waals surface area contributed by atoms with E-state index in [2.05, 4.69) is 32.7 Å². The molecule has 5 heteroatoms. The third kappa shape index (κ3) is 3.31. The van der Waals surface area contributed by atoms with Crippen molar-refractivity contribution in [2.75, 3.05) is 45.8 Å². The van der Waals surface area contributed by atoms with Crippen LogP contribution in [0, 0.1) is 16.7 Å². The number of amides is 1. The topological polar surface area (TPSA) is 39.7 Å². The maximum absolute atomic E-state index is 13.7. The molecule has 1 aromatic rings. The van der Waals surface area contributed by atoms with Crippen LogP contribution < -0.4 is 0 Å². The largest absolute Gasteiger partial charge is 0.342 e. The van der Waals surface area contributed by atoms with Gasteiger partial charge < -0.3 is 9.80 Å². The van der Waals surface area contributed by atoms with Crippen molar-refractivity contribution in [3.63, 3.8) is 0 Å². The molecular weight excluding hydrogens is 360 g/mol. The lowest BCUT2D eigenvalue weighted by Gasteiger charge is -2.45. The van der Waals surface area contributed by atoms with Gasteiger partial charge in [0.2, 0.25) is 5.91 Å². The maximum Gasteiger partial charge on any atom is 0.230 e. The summed E-state index contributed by atoms with van der Waals surface area (Å²) in [4.78, 5) is 25.4. The first-order valence-electron chi connectivity index (χ1n) is 11.8. The number of carbonyl (C=O) groups is 1. The van der Waals surface area contributed by atoms with Gasteiger partial charge in [-0.15, -0.1) is 0 Å². The smallest absolute Gasteiger partial charge is 0.230 e. The average Bonchev–Trinajstić information content (AvgIpc) is 3.47. The van der Waals surface area contributed by atoms with E-state index in [1.165, 1.54) is 37.7 Å². The van der Waals surface area contributed by atoms with Crippen molar-refractivity contribution in [2.24, 2.45) is 16.7 Å². The first kappa shape index (κ1) is 19.5. The zero-order valence-electron chi connectivity index (χ0n) is 18.0. The highest BCUT2D eigenvalue weighted by molar-refractivity contribution is 5.84. The zero-order chi connectivity index (χ0) is 19.9. The molecule has 0 N–H and O–H groups in total. The van der Waals surface area contributed by atoms with Gasteiger partial charge in [-0.3, -0.25) is 14.7 Å². The molecule has 1 saturated carbocycles. The summed E-state index contributed by atoms with van der Waals surface area (Å²) in [6.45, 7) is 10.8. The molecule has 5 nitrogen and oxygen atoms in total. The second-order valence-electron chi connectivity index (χ2n) is 10.0. The van der Waals surface area contributed by atoms with Crippen molar-refractivity contribution in [2.45, 2.75) is 52.0 Å².